The quantitative estimate of drug-likeness (QED) is 0.652. The van der Waals surface area contributed by atoms with E-state index < -0.39 is 0 Å². The van der Waals surface area contributed by atoms with Gasteiger partial charge < -0.3 is 5.11 Å². The summed E-state index contributed by atoms with van der Waals surface area (Å²) in [7, 11) is 0. The fraction of sp³-hybridized carbons (Fsp3) is 0.400. The average Bonchev–Trinajstić information content (AvgIpc) is 2.48. The van der Waals surface area contributed by atoms with Crippen LogP contribution in [0.2, 0.25) is 0 Å². The molecule has 0 radical (unpaired) electrons. The van der Waals surface area contributed by atoms with Gasteiger partial charge in [0.25, 0.3) is 0 Å². The normalized spacial score (nSPS) is 11.6. The van der Waals surface area contributed by atoms with E-state index in [1.54, 1.807) is 0 Å². The zero-order valence-electron chi connectivity index (χ0n) is 13.4. The van der Waals surface area contributed by atoms with Gasteiger partial charge in [-0.2, -0.15) is 0 Å². The number of benzene rings is 2. The van der Waals surface area contributed by atoms with Crippen LogP contribution in [0, 0.1) is 0 Å². The van der Waals surface area contributed by atoms with Crippen LogP contribution >= 0.6 is 0 Å². The minimum absolute atomic E-state index is 0.145. The Morgan fingerprint density at radius 2 is 1.67 bits per heavy atom. The van der Waals surface area contributed by atoms with Gasteiger partial charge in [-0.15, -0.1) is 0 Å². The van der Waals surface area contributed by atoms with Crippen molar-refractivity contribution in [2.45, 2.75) is 51.9 Å². The third-order valence-electron chi connectivity index (χ3n) is 4.27. The summed E-state index contributed by atoms with van der Waals surface area (Å²) in [5.74, 6) is 0.356. The van der Waals surface area contributed by atoms with Gasteiger partial charge in [0, 0.05) is 5.56 Å². The molecule has 0 amide bonds. The van der Waals surface area contributed by atoms with Crippen molar-refractivity contribution < 1.29 is 5.11 Å². The molecule has 21 heavy (non-hydrogen) atoms. The molecule has 0 aliphatic carbocycles. The first-order valence-corrected chi connectivity index (χ1v) is 7.93. The average molecular weight is 282 g/mol. The molecule has 0 bridgehead atoms. The number of unbranched alkanes of at least 4 members (excludes halogenated alkanes) is 2. The summed E-state index contributed by atoms with van der Waals surface area (Å²) in [4.78, 5) is 0. The number of phenolic OH excluding ortho intramolecular Hbond substituents is 1. The van der Waals surface area contributed by atoms with Crippen LogP contribution in [0.15, 0.2) is 48.5 Å². The summed E-state index contributed by atoms with van der Waals surface area (Å²) >= 11 is 0. The van der Waals surface area contributed by atoms with Gasteiger partial charge in [-0.05, 0) is 35.1 Å². The van der Waals surface area contributed by atoms with Gasteiger partial charge in [0.15, 0.2) is 0 Å². The molecular formula is C20H26O. The highest BCUT2D eigenvalue weighted by Crippen LogP contribution is 2.36. The number of hydrogen-bond donors (Lipinski definition) is 1. The van der Waals surface area contributed by atoms with Crippen LogP contribution in [0.25, 0.3) is 11.1 Å². The van der Waals surface area contributed by atoms with E-state index in [2.05, 4.69) is 32.9 Å². The van der Waals surface area contributed by atoms with E-state index in [9.17, 15) is 5.11 Å². The summed E-state index contributed by atoms with van der Waals surface area (Å²) in [6, 6.07) is 16.1. The van der Waals surface area contributed by atoms with Gasteiger partial charge >= 0.3 is 0 Å². The second-order valence-electron chi connectivity index (χ2n) is 6.44. The first-order valence-electron chi connectivity index (χ1n) is 7.93. The van der Waals surface area contributed by atoms with Crippen molar-refractivity contribution in [2.75, 3.05) is 0 Å². The molecule has 1 heteroatoms. The largest absolute Gasteiger partial charge is 0.507 e. The molecule has 0 fully saturated rings. The van der Waals surface area contributed by atoms with Crippen LogP contribution in [0.3, 0.4) is 0 Å². The molecule has 0 saturated carbocycles. The SMILES string of the molecule is CCCCCC(C)(C)c1ccc(O)c(-c2ccccc2)c1. The van der Waals surface area contributed by atoms with Crippen LogP contribution < -0.4 is 0 Å². The van der Waals surface area contributed by atoms with Crippen molar-refractivity contribution in [2.24, 2.45) is 0 Å². The van der Waals surface area contributed by atoms with Crippen molar-refractivity contribution in [3.8, 4) is 16.9 Å². The van der Waals surface area contributed by atoms with Crippen molar-refractivity contribution in [1.29, 1.82) is 0 Å². The summed E-state index contributed by atoms with van der Waals surface area (Å²) in [6.45, 7) is 6.83. The lowest BCUT2D eigenvalue weighted by Gasteiger charge is -2.26. The zero-order chi connectivity index (χ0) is 15.3. The Morgan fingerprint density at radius 3 is 2.33 bits per heavy atom. The van der Waals surface area contributed by atoms with Gasteiger partial charge in [-0.3, -0.25) is 0 Å². The maximum Gasteiger partial charge on any atom is 0.123 e. The first kappa shape index (κ1) is 15.6. The Kier molecular flexibility index (Phi) is 5.06. The van der Waals surface area contributed by atoms with Crippen molar-refractivity contribution in [1.82, 2.24) is 0 Å². The number of rotatable bonds is 6. The Hall–Kier alpha value is -1.76. The summed E-state index contributed by atoms with van der Waals surface area (Å²) in [6.07, 6.45) is 4.97. The van der Waals surface area contributed by atoms with Crippen LogP contribution in [-0.2, 0) is 5.41 Å². The molecule has 0 spiro atoms. The lowest BCUT2D eigenvalue weighted by molar-refractivity contribution is 0.447. The Morgan fingerprint density at radius 1 is 0.952 bits per heavy atom. The number of aromatic hydroxyl groups is 1. The van der Waals surface area contributed by atoms with E-state index in [0.717, 1.165) is 11.1 Å². The molecular weight excluding hydrogens is 256 g/mol. The topological polar surface area (TPSA) is 20.2 Å². The van der Waals surface area contributed by atoms with E-state index >= 15 is 0 Å². The first-order chi connectivity index (χ1) is 10.0. The van der Waals surface area contributed by atoms with Crippen LogP contribution in [-0.4, -0.2) is 5.11 Å². The molecule has 1 N–H and O–H groups in total. The molecule has 0 aliphatic heterocycles. The molecule has 112 valence electrons. The van der Waals surface area contributed by atoms with Crippen LogP contribution in [0.4, 0.5) is 0 Å². The number of phenols is 1. The molecule has 0 unspecified atom stereocenters. The van der Waals surface area contributed by atoms with E-state index in [4.69, 9.17) is 0 Å². The minimum Gasteiger partial charge on any atom is -0.507 e. The molecule has 0 saturated heterocycles. The Labute approximate surface area is 128 Å². The lowest BCUT2D eigenvalue weighted by Crippen LogP contribution is -2.17. The fourth-order valence-corrected chi connectivity index (χ4v) is 2.77. The zero-order valence-corrected chi connectivity index (χ0v) is 13.4. The molecule has 0 atom stereocenters. The standard InChI is InChI=1S/C20H26O/c1-4-5-9-14-20(2,3)17-12-13-19(21)18(15-17)16-10-7-6-8-11-16/h6-8,10-13,15,21H,4-5,9,14H2,1-3H3. The van der Waals surface area contributed by atoms with Gasteiger partial charge in [0.1, 0.15) is 5.75 Å². The summed E-state index contributed by atoms with van der Waals surface area (Å²) < 4.78 is 0. The molecule has 2 aromatic rings. The molecule has 2 rings (SSSR count). The molecule has 2 aromatic carbocycles. The van der Waals surface area contributed by atoms with E-state index in [1.807, 2.05) is 36.4 Å². The van der Waals surface area contributed by atoms with Crippen molar-refractivity contribution in [3.63, 3.8) is 0 Å². The van der Waals surface area contributed by atoms with Gasteiger partial charge in [-0.1, -0.05) is 76.4 Å². The highest BCUT2D eigenvalue weighted by atomic mass is 16.3. The smallest absolute Gasteiger partial charge is 0.123 e. The minimum atomic E-state index is 0.145. The Balaban J connectivity index is 2.30. The maximum absolute atomic E-state index is 10.2. The third-order valence-corrected chi connectivity index (χ3v) is 4.27. The van der Waals surface area contributed by atoms with Crippen LogP contribution in [0.5, 0.6) is 5.75 Å². The molecule has 0 aliphatic rings. The maximum atomic E-state index is 10.2. The monoisotopic (exact) mass is 282 g/mol. The number of hydrogen-bond acceptors (Lipinski definition) is 1. The van der Waals surface area contributed by atoms with E-state index in [-0.39, 0.29) is 5.41 Å². The molecule has 0 heterocycles. The van der Waals surface area contributed by atoms with Gasteiger partial charge in [0.05, 0.1) is 0 Å². The predicted octanol–water partition coefficient (Wildman–Crippen LogP) is 5.92. The van der Waals surface area contributed by atoms with E-state index in [0.29, 0.717) is 5.75 Å². The Bertz CT molecular complexity index is 570. The van der Waals surface area contributed by atoms with Crippen LogP contribution in [0.1, 0.15) is 52.0 Å². The molecule has 1 nitrogen and oxygen atoms in total. The summed E-state index contributed by atoms with van der Waals surface area (Å²) in [5, 5.41) is 10.2. The van der Waals surface area contributed by atoms with E-state index in [1.165, 1.54) is 31.2 Å². The lowest BCUT2D eigenvalue weighted by atomic mass is 9.79. The molecule has 0 aromatic heterocycles. The van der Waals surface area contributed by atoms with Crippen molar-refractivity contribution >= 4 is 0 Å². The third kappa shape index (κ3) is 3.87. The predicted molar refractivity (Wildman–Crippen MR) is 90.7 cm³/mol. The highest BCUT2D eigenvalue weighted by Gasteiger charge is 2.21. The van der Waals surface area contributed by atoms with Gasteiger partial charge in [-0.25, -0.2) is 0 Å². The van der Waals surface area contributed by atoms with Crippen molar-refractivity contribution in [3.05, 3.63) is 54.1 Å². The fourth-order valence-electron chi connectivity index (χ4n) is 2.77. The summed E-state index contributed by atoms with van der Waals surface area (Å²) in [5.41, 5.74) is 3.44. The second-order valence-corrected chi connectivity index (χ2v) is 6.44. The van der Waals surface area contributed by atoms with Gasteiger partial charge in [0.2, 0.25) is 0 Å². The second kappa shape index (κ2) is 6.80. The highest BCUT2D eigenvalue weighted by molar-refractivity contribution is 5.71.